The topological polar surface area (TPSA) is 104 Å². The van der Waals surface area contributed by atoms with Crippen LogP contribution in [0.5, 0.6) is 0 Å². The first-order valence-electron chi connectivity index (χ1n) is 27.0. The molecule has 2 fully saturated rings. The molecule has 2 aliphatic rings. The van der Waals surface area contributed by atoms with Crippen molar-refractivity contribution >= 4 is 43.6 Å². The Balaban J connectivity index is 0.914. The normalized spacial score (nSPS) is 15.1. The van der Waals surface area contributed by atoms with Crippen molar-refractivity contribution in [2.75, 3.05) is 66.1 Å². The van der Waals surface area contributed by atoms with Gasteiger partial charge in [-0.15, -0.1) is 0 Å². The smallest absolute Gasteiger partial charge is 0.238 e. The van der Waals surface area contributed by atoms with Crippen LogP contribution in [-0.2, 0) is 41.6 Å². The Labute approximate surface area is 434 Å². The molecule has 0 bridgehead atoms. The molecule has 74 heavy (non-hydrogen) atoms. The Bertz CT molecular complexity index is 3220. The minimum atomic E-state index is 0.227. The Kier molecular flexibility index (Phi) is 15.5. The minimum absolute atomic E-state index is 0.227. The van der Waals surface area contributed by atoms with Gasteiger partial charge in [0, 0.05) is 75.6 Å². The average Bonchev–Trinajstić information content (AvgIpc) is 3.93. The summed E-state index contributed by atoms with van der Waals surface area (Å²) in [5.41, 5.74) is 9.89. The predicted molar refractivity (Wildman–Crippen MR) is 295 cm³/mol. The fourth-order valence-corrected chi connectivity index (χ4v) is 10.5. The lowest BCUT2D eigenvalue weighted by molar-refractivity contribution is -0.150. The highest BCUT2D eigenvalue weighted by Crippen LogP contribution is 2.41. The van der Waals surface area contributed by atoms with E-state index in [0.717, 1.165) is 170 Å². The summed E-state index contributed by atoms with van der Waals surface area (Å²) in [6, 6.07) is 49.2. The van der Waals surface area contributed by atoms with E-state index in [1.807, 2.05) is 36.4 Å². The van der Waals surface area contributed by atoms with Crippen LogP contribution in [-0.4, -0.2) is 90.2 Å². The Hall–Kier alpha value is -6.31. The van der Waals surface area contributed by atoms with E-state index in [1.165, 1.54) is 5.39 Å². The molecule has 11 heteroatoms. The van der Waals surface area contributed by atoms with Gasteiger partial charge in [-0.3, -0.25) is 4.57 Å². The zero-order valence-electron chi connectivity index (χ0n) is 43.1. The molecular weight excluding hydrogens is 923 g/mol. The number of benzene rings is 6. The monoisotopic (exact) mass is 992 g/mol. The Morgan fingerprint density at radius 3 is 1.32 bits per heavy atom. The largest absolute Gasteiger partial charge is 0.381 e. The third-order valence-corrected chi connectivity index (χ3v) is 15.3. The molecule has 6 aromatic carbocycles. The summed E-state index contributed by atoms with van der Waals surface area (Å²) in [7, 11) is 0. The summed E-state index contributed by atoms with van der Waals surface area (Å²) in [4.78, 5) is 15.6. The number of para-hydroxylation sites is 1. The van der Waals surface area contributed by atoms with Gasteiger partial charge in [-0.25, -0.2) is 4.98 Å². The van der Waals surface area contributed by atoms with Crippen LogP contribution in [0.3, 0.4) is 0 Å². The Morgan fingerprint density at radius 1 is 0.432 bits per heavy atom. The van der Waals surface area contributed by atoms with E-state index in [9.17, 15) is 0 Å². The standard InChI is InChI=1S/C63H69N5O6/c1-3-62(42-73-43-62)40-71-32-18-8-16-30-69-38-46-26-28-55-51(34-46)53-36-54-52-35-47(39-70-31-17-9-19-33-72-41-63(4-2)44-74-45-63)27-29-56(52)68(58(54)37-57(53)67(55)50-24-14-7-15-25-50)61-65-59(48-20-10-5-11-21-48)64-60(66-61)49-22-12-6-13-23-49/h5-7,10-15,20-29,34-37H,3-4,8-9,16-19,30-33,38-45H2,1-2H3. The molecule has 5 heterocycles. The number of aromatic nitrogens is 5. The molecule has 9 aromatic rings. The molecule has 0 radical (unpaired) electrons. The number of unbranched alkanes of at least 4 members (excludes halogenated alkanes) is 4. The molecule has 2 saturated heterocycles. The average molecular weight is 992 g/mol. The second-order valence-corrected chi connectivity index (χ2v) is 20.6. The highest BCUT2D eigenvalue weighted by molar-refractivity contribution is 6.19. The predicted octanol–water partition coefficient (Wildman–Crippen LogP) is 13.7. The number of fused-ring (bicyclic) bond motifs is 6. The van der Waals surface area contributed by atoms with Crippen LogP contribution in [0, 0.1) is 10.8 Å². The first kappa shape index (κ1) is 49.9. The minimum Gasteiger partial charge on any atom is -0.381 e. The number of rotatable bonds is 26. The number of ether oxygens (including phenoxy) is 6. The van der Waals surface area contributed by atoms with E-state index in [1.54, 1.807) is 0 Å². The third kappa shape index (κ3) is 10.8. The lowest BCUT2D eigenvalue weighted by Gasteiger charge is -2.40. The highest BCUT2D eigenvalue weighted by atomic mass is 16.5. The van der Waals surface area contributed by atoms with E-state index in [4.69, 9.17) is 43.4 Å². The van der Waals surface area contributed by atoms with Gasteiger partial charge in [-0.05, 0) is 111 Å². The fourth-order valence-electron chi connectivity index (χ4n) is 10.5. The Morgan fingerprint density at radius 2 is 0.865 bits per heavy atom. The number of hydrogen-bond acceptors (Lipinski definition) is 9. The van der Waals surface area contributed by atoms with Gasteiger partial charge in [0.25, 0.3) is 0 Å². The van der Waals surface area contributed by atoms with E-state index >= 15 is 0 Å². The quantitative estimate of drug-likeness (QED) is 0.0491. The van der Waals surface area contributed by atoms with Gasteiger partial charge in [0.05, 0.1) is 74.9 Å². The van der Waals surface area contributed by atoms with Crippen molar-refractivity contribution in [1.82, 2.24) is 24.1 Å². The van der Waals surface area contributed by atoms with Gasteiger partial charge in [0.2, 0.25) is 5.95 Å². The summed E-state index contributed by atoms with van der Waals surface area (Å²) in [6.45, 7) is 13.4. The van der Waals surface area contributed by atoms with E-state index in [0.29, 0.717) is 44.0 Å². The molecule has 0 N–H and O–H groups in total. The van der Waals surface area contributed by atoms with Crippen LogP contribution in [0.2, 0.25) is 0 Å². The van der Waals surface area contributed by atoms with Crippen LogP contribution < -0.4 is 0 Å². The zero-order valence-corrected chi connectivity index (χ0v) is 43.1. The van der Waals surface area contributed by atoms with Crippen molar-refractivity contribution in [2.24, 2.45) is 10.8 Å². The SMILES string of the molecule is CCC1(COCCCCCOCc2ccc3c(c2)c2cc4c5cc(COCCCCCOCC6(CC)COC6)ccc5n(-c5nc(-c6ccccc6)nc(-c6ccccc6)n5)c4cc2n3-c2ccccc2)COC1. The maximum Gasteiger partial charge on any atom is 0.238 e. The molecule has 0 atom stereocenters. The maximum absolute atomic E-state index is 6.37. The maximum atomic E-state index is 6.37. The van der Waals surface area contributed by atoms with E-state index < -0.39 is 0 Å². The summed E-state index contributed by atoms with van der Waals surface area (Å²) < 4.78 is 40.3. The van der Waals surface area contributed by atoms with E-state index in [2.05, 4.69) is 126 Å². The molecule has 11 nitrogen and oxygen atoms in total. The fraction of sp³-hybridized carbons (Fsp3) is 0.381. The van der Waals surface area contributed by atoms with Crippen molar-refractivity contribution in [1.29, 1.82) is 0 Å². The molecule has 0 spiro atoms. The molecule has 3 aromatic heterocycles. The summed E-state index contributed by atoms with van der Waals surface area (Å²) >= 11 is 0. The van der Waals surface area contributed by atoms with Crippen molar-refractivity contribution in [2.45, 2.75) is 78.4 Å². The molecule has 0 aliphatic carbocycles. The van der Waals surface area contributed by atoms with Crippen LogP contribution >= 0.6 is 0 Å². The van der Waals surface area contributed by atoms with Crippen molar-refractivity contribution in [3.8, 4) is 34.4 Å². The molecule has 0 amide bonds. The second-order valence-electron chi connectivity index (χ2n) is 20.6. The molecule has 2 aliphatic heterocycles. The second kappa shape index (κ2) is 23.1. The van der Waals surface area contributed by atoms with Crippen LogP contribution in [0.25, 0.3) is 78.0 Å². The lowest BCUT2D eigenvalue weighted by Crippen LogP contribution is -2.45. The summed E-state index contributed by atoms with van der Waals surface area (Å²) in [6.07, 6.45) is 8.41. The first-order valence-corrected chi connectivity index (χ1v) is 27.0. The van der Waals surface area contributed by atoms with Gasteiger partial charge in [0.15, 0.2) is 11.6 Å². The van der Waals surface area contributed by atoms with Crippen molar-refractivity contribution in [3.63, 3.8) is 0 Å². The van der Waals surface area contributed by atoms with Gasteiger partial charge >= 0.3 is 0 Å². The molecule has 11 rings (SSSR count). The van der Waals surface area contributed by atoms with Crippen LogP contribution in [0.1, 0.15) is 76.3 Å². The molecule has 382 valence electrons. The van der Waals surface area contributed by atoms with Crippen molar-refractivity contribution in [3.05, 3.63) is 151 Å². The third-order valence-electron chi connectivity index (χ3n) is 15.3. The first-order chi connectivity index (χ1) is 36.5. The highest BCUT2D eigenvalue weighted by Gasteiger charge is 2.37. The van der Waals surface area contributed by atoms with Crippen LogP contribution in [0.15, 0.2) is 140 Å². The van der Waals surface area contributed by atoms with Crippen molar-refractivity contribution < 1.29 is 28.4 Å². The van der Waals surface area contributed by atoms with Gasteiger partial charge in [0.1, 0.15) is 0 Å². The van der Waals surface area contributed by atoms with Gasteiger partial charge < -0.3 is 33.0 Å². The summed E-state index contributed by atoms with van der Waals surface area (Å²) in [5, 5.41) is 4.56. The molecular formula is C63H69N5O6. The van der Waals surface area contributed by atoms with Gasteiger partial charge in [-0.1, -0.05) is 105 Å². The number of nitrogens with zero attached hydrogens (tertiary/aromatic N) is 5. The number of hydrogen-bond donors (Lipinski definition) is 0. The van der Waals surface area contributed by atoms with E-state index in [-0.39, 0.29) is 10.8 Å². The lowest BCUT2D eigenvalue weighted by atomic mass is 9.84. The van der Waals surface area contributed by atoms with Crippen LogP contribution in [0.4, 0.5) is 0 Å². The zero-order chi connectivity index (χ0) is 50.2. The molecule has 0 saturated carbocycles. The van der Waals surface area contributed by atoms with Gasteiger partial charge in [-0.2, -0.15) is 9.97 Å². The molecule has 0 unspecified atom stereocenters. The summed E-state index contributed by atoms with van der Waals surface area (Å²) in [5.74, 6) is 1.78.